The van der Waals surface area contributed by atoms with Crippen molar-refractivity contribution in [1.29, 1.82) is 0 Å². The van der Waals surface area contributed by atoms with Crippen LogP contribution in [0.25, 0.3) is 0 Å². The lowest BCUT2D eigenvalue weighted by molar-refractivity contribution is 0.0469. The average Bonchev–Trinajstić information content (AvgIpc) is 3.32. The molecule has 0 spiro atoms. The fourth-order valence-electron chi connectivity index (χ4n) is 3.26. The van der Waals surface area contributed by atoms with Gasteiger partial charge in [0.15, 0.2) is 11.9 Å². The van der Waals surface area contributed by atoms with Gasteiger partial charge in [0.05, 0.1) is 6.61 Å². The predicted molar refractivity (Wildman–Crippen MR) is 107 cm³/mol. The van der Waals surface area contributed by atoms with E-state index in [1.807, 2.05) is 28.8 Å². The van der Waals surface area contributed by atoms with Crippen molar-refractivity contribution in [1.82, 2.24) is 20.5 Å². The third kappa shape index (κ3) is 4.63. The number of nitrogens with zero attached hydrogens (tertiary/aromatic N) is 4. The number of carbonyl (C=O) groups excluding carboxylic acids is 1. The summed E-state index contributed by atoms with van der Waals surface area (Å²) in [6.07, 6.45) is 1.35. The van der Waals surface area contributed by atoms with E-state index in [0.29, 0.717) is 24.4 Å². The summed E-state index contributed by atoms with van der Waals surface area (Å²) in [5.74, 6) is 0.282. The molecule has 9 nitrogen and oxygen atoms in total. The number of hydrogen-bond donors (Lipinski definition) is 3. The van der Waals surface area contributed by atoms with Crippen molar-refractivity contribution in [2.24, 2.45) is 10.3 Å². The summed E-state index contributed by atoms with van der Waals surface area (Å²) >= 11 is 0. The Bertz CT molecular complexity index is 883. The molecule has 29 heavy (non-hydrogen) atoms. The van der Waals surface area contributed by atoms with Gasteiger partial charge in [0.1, 0.15) is 17.1 Å². The number of aliphatic hydroxyl groups is 1. The molecule has 9 heteroatoms. The van der Waals surface area contributed by atoms with Crippen LogP contribution in [0.2, 0.25) is 0 Å². The van der Waals surface area contributed by atoms with Crippen LogP contribution in [-0.4, -0.2) is 27.2 Å². The van der Waals surface area contributed by atoms with Gasteiger partial charge in [-0.1, -0.05) is 36.4 Å². The number of nitrogens with one attached hydrogen (secondary N) is 2. The first-order valence-electron chi connectivity index (χ1n) is 9.83. The first-order valence-corrected chi connectivity index (χ1v) is 9.83. The van der Waals surface area contributed by atoms with E-state index in [2.05, 4.69) is 33.2 Å². The van der Waals surface area contributed by atoms with Crippen LogP contribution < -0.4 is 11.0 Å². The Kier molecular flexibility index (Phi) is 6.29. The summed E-state index contributed by atoms with van der Waals surface area (Å²) in [7, 11) is 0. The van der Waals surface area contributed by atoms with Gasteiger partial charge < -0.3 is 14.4 Å². The van der Waals surface area contributed by atoms with Crippen molar-refractivity contribution in [2.45, 2.75) is 58.8 Å². The van der Waals surface area contributed by atoms with Gasteiger partial charge >= 0.3 is 5.97 Å². The second-order valence-electron chi connectivity index (χ2n) is 7.46. The van der Waals surface area contributed by atoms with E-state index in [1.54, 1.807) is 20.8 Å². The van der Waals surface area contributed by atoms with Crippen molar-refractivity contribution in [3.05, 3.63) is 52.6 Å². The molecule has 1 aromatic carbocycles. The van der Waals surface area contributed by atoms with Crippen molar-refractivity contribution >= 4 is 5.97 Å². The van der Waals surface area contributed by atoms with E-state index < -0.39 is 11.6 Å². The molecule has 3 N–H and O–H groups in total. The lowest BCUT2D eigenvalue weighted by Crippen LogP contribution is -2.24. The van der Waals surface area contributed by atoms with E-state index >= 15 is 0 Å². The maximum Gasteiger partial charge on any atom is 0.357 e. The highest BCUT2D eigenvalue weighted by Gasteiger charge is 2.32. The Balaban J connectivity index is 1.98. The Morgan fingerprint density at radius 3 is 2.55 bits per heavy atom. The van der Waals surface area contributed by atoms with Gasteiger partial charge in [-0.05, 0) is 38.3 Å². The first-order chi connectivity index (χ1) is 13.8. The zero-order chi connectivity index (χ0) is 21.0. The smallest absolute Gasteiger partial charge is 0.357 e. The molecule has 1 aliphatic rings. The number of imidazole rings is 1. The van der Waals surface area contributed by atoms with Gasteiger partial charge in [0, 0.05) is 13.0 Å². The molecule has 0 radical (unpaired) electrons. The number of benzene rings is 1. The molecule has 1 aliphatic heterocycles. The molecule has 2 heterocycles. The van der Waals surface area contributed by atoms with Crippen LogP contribution in [0.4, 0.5) is 0 Å². The second-order valence-corrected chi connectivity index (χ2v) is 7.46. The van der Waals surface area contributed by atoms with Crippen LogP contribution >= 0.6 is 0 Å². The number of ether oxygens (including phenoxy) is 1. The number of hydrogen-bond acceptors (Lipinski definition) is 8. The third-order valence-electron chi connectivity index (χ3n) is 4.63. The fraction of sp³-hybridized carbons (Fsp3) is 0.500. The summed E-state index contributed by atoms with van der Waals surface area (Å²) in [5.41, 5.74) is 6.93. The lowest BCUT2D eigenvalue weighted by atomic mass is 10.0. The van der Waals surface area contributed by atoms with Crippen LogP contribution in [0.3, 0.4) is 0 Å². The average molecular weight is 400 g/mol. The summed E-state index contributed by atoms with van der Waals surface area (Å²) in [6.45, 7) is 7.78. The number of esters is 1. The normalized spacial score (nSPS) is 16.1. The molecule has 156 valence electrons. The molecule has 1 unspecified atom stereocenters. The molecule has 1 aromatic heterocycles. The van der Waals surface area contributed by atoms with Crippen LogP contribution in [-0.2, 0) is 23.3 Å². The van der Waals surface area contributed by atoms with Crippen LogP contribution in [0.5, 0.6) is 0 Å². The van der Waals surface area contributed by atoms with Crippen LogP contribution in [0, 0.1) is 0 Å². The Hall–Kier alpha value is -2.78. The van der Waals surface area contributed by atoms with E-state index in [1.165, 1.54) is 0 Å². The molecule has 1 atom stereocenters. The molecule has 2 aromatic rings. The minimum absolute atomic E-state index is 0.218. The highest BCUT2D eigenvalue weighted by atomic mass is 16.5. The highest BCUT2D eigenvalue weighted by Crippen LogP contribution is 2.27. The number of aromatic nitrogens is 2. The first kappa shape index (κ1) is 20.9. The van der Waals surface area contributed by atoms with Crippen molar-refractivity contribution < 1.29 is 14.6 Å². The molecule has 0 saturated carbocycles. The van der Waals surface area contributed by atoms with E-state index in [4.69, 9.17) is 4.74 Å². The summed E-state index contributed by atoms with van der Waals surface area (Å²) < 4.78 is 7.13. The van der Waals surface area contributed by atoms with Gasteiger partial charge in [-0.25, -0.2) is 15.3 Å². The van der Waals surface area contributed by atoms with E-state index in [9.17, 15) is 9.90 Å². The topological polar surface area (TPSA) is 113 Å². The van der Waals surface area contributed by atoms with Crippen molar-refractivity contribution in [3.8, 4) is 0 Å². The van der Waals surface area contributed by atoms with E-state index in [0.717, 1.165) is 23.4 Å². The highest BCUT2D eigenvalue weighted by molar-refractivity contribution is 5.89. The molecular weight excluding hydrogens is 372 g/mol. The largest absolute Gasteiger partial charge is 0.461 e. The van der Waals surface area contributed by atoms with Gasteiger partial charge in [0.25, 0.3) is 0 Å². The van der Waals surface area contributed by atoms with Crippen molar-refractivity contribution in [2.75, 3.05) is 6.61 Å². The van der Waals surface area contributed by atoms with Gasteiger partial charge in [-0.2, -0.15) is 5.43 Å². The monoisotopic (exact) mass is 400 g/mol. The van der Waals surface area contributed by atoms with Crippen LogP contribution in [0.15, 0.2) is 34.6 Å². The third-order valence-corrected chi connectivity index (χ3v) is 4.63. The minimum atomic E-state index is -1.26. The van der Waals surface area contributed by atoms with E-state index in [-0.39, 0.29) is 12.8 Å². The lowest BCUT2D eigenvalue weighted by Gasteiger charge is -2.17. The zero-order valence-corrected chi connectivity index (χ0v) is 17.3. The Morgan fingerprint density at radius 2 is 2.00 bits per heavy atom. The zero-order valence-electron chi connectivity index (χ0n) is 17.3. The maximum atomic E-state index is 12.7. The number of aryl methyl sites for hydroxylation is 1. The summed E-state index contributed by atoms with van der Waals surface area (Å²) in [5, 5.41) is 18.4. The van der Waals surface area contributed by atoms with Crippen LogP contribution in [0.1, 0.15) is 73.4 Å². The summed E-state index contributed by atoms with van der Waals surface area (Å²) in [6, 6.07) is 7.91. The summed E-state index contributed by atoms with van der Waals surface area (Å²) in [4.78, 5) is 17.4. The molecular formula is C20H28N6O3. The molecule has 0 bridgehead atoms. The fourth-order valence-corrected chi connectivity index (χ4v) is 3.26. The Morgan fingerprint density at radius 1 is 1.28 bits per heavy atom. The number of hydrazine groups is 1. The second kappa shape index (κ2) is 8.71. The standard InChI is InChI=1S/C20H28N6O3/c1-5-7-15-21-17(20(3,4)28)16(19(27)29-6-2)26(15)12-13-8-10-14(11-9-13)18-22-24-25-23-18/h8-11,18,28H,5-7,12H2,1-4H3,(H,22,25)(H,23,24). The maximum absolute atomic E-state index is 12.7. The predicted octanol–water partition coefficient (Wildman–Crippen LogP) is 2.76. The van der Waals surface area contributed by atoms with Gasteiger partial charge in [-0.3, -0.25) is 0 Å². The quantitative estimate of drug-likeness (QED) is 0.587. The molecule has 0 amide bonds. The van der Waals surface area contributed by atoms with Crippen molar-refractivity contribution in [3.63, 3.8) is 0 Å². The molecule has 0 saturated heterocycles. The molecule has 0 aliphatic carbocycles. The molecule has 3 rings (SSSR count). The number of carbonyl (C=O) groups is 1. The minimum Gasteiger partial charge on any atom is -0.461 e. The SMILES string of the molecule is CCCc1nc(C(C)(C)O)c(C(=O)OCC)n1Cc1ccc(C2N=NNN2)cc1. The van der Waals surface area contributed by atoms with Gasteiger partial charge in [-0.15, -0.1) is 5.11 Å². The van der Waals surface area contributed by atoms with Gasteiger partial charge in [0.2, 0.25) is 0 Å². The molecule has 0 fully saturated rings. The number of rotatable bonds is 8. The Labute approximate surface area is 170 Å².